The molecule has 0 amide bonds. The molecular weight excluding hydrogens is 248 g/mol. The molecule has 0 spiro atoms. The maximum absolute atomic E-state index is 6.09. The van der Waals surface area contributed by atoms with Crippen molar-refractivity contribution < 1.29 is 4.74 Å². The van der Waals surface area contributed by atoms with Gasteiger partial charge in [0.1, 0.15) is 0 Å². The predicted molar refractivity (Wildman–Crippen MR) is 84.9 cm³/mol. The van der Waals surface area contributed by atoms with Gasteiger partial charge in [0.25, 0.3) is 0 Å². The lowest BCUT2D eigenvalue weighted by Crippen LogP contribution is -2.20. The van der Waals surface area contributed by atoms with Gasteiger partial charge in [-0.25, -0.2) is 4.98 Å². The van der Waals surface area contributed by atoms with Crippen LogP contribution in [0.4, 0.5) is 0 Å². The van der Waals surface area contributed by atoms with Gasteiger partial charge in [-0.05, 0) is 12.8 Å². The van der Waals surface area contributed by atoms with E-state index in [0.29, 0.717) is 6.10 Å². The number of ether oxygens (including phenoxy) is 1. The normalized spacial score (nSPS) is 12.7. The van der Waals surface area contributed by atoms with E-state index < -0.39 is 0 Å². The Balaban J connectivity index is 2.22. The zero-order valence-electron chi connectivity index (χ0n) is 13.4. The lowest BCUT2D eigenvalue weighted by atomic mass is 10.1. The molecule has 0 aliphatic carbocycles. The highest BCUT2D eigenvalue weighted by molar-refractivity contribution is 4.76. The summed E-state index contributed by atoms with van der Waals surface area (Å²) in [5, 5.41) is 0. The zero-order chi connectivity index (χ0) is 14.5. The van der Waals surface area contributed by atoms with Crippen LogP contribution in [0.1, 0.15) is 71.6 Å². The van der Waals surface area contributed by atoms with Crippen LogP contribution in [0.2, 0.25) is 0 Å². The molecule has 116 valence electrons. The van der Waals surface area contributed by atoms with Gasteiger partial charge in [0.15, 0.2) is 0 Å². The van der Waals surface area contributed by atoms with Crippen LogP contribution >= 0.6 is 0 Å². The van der Waals surface area contributed by atoms with Gasteiger partial charge in [0.05, 0.1) is 12.4 Å². The van der Waals surface area contributed by atoms with Crippen LogP contribution in [0.5, 0.6) is 0 Å². The third kappa shape index (κ3) is 8.36. The maximum Gasteiger partial charge on any atom is 0.0946 e. The maximum atomic E-state index is 6.09. The van der Waals surface area contributed by atoms with Crippen molar-refractivity contribution in [2.24, 2.45) is 0 Å². The van der Waals surface area contributed by atoms with Gasteiger partial charge in [0.2, 0.25) is 0 Å². The van der Waals surface area contributed by atoms with E-state index in [1.165, 1.54) is 57.8 Å². The molecule has 3 nitrogen and oxygen atoms in total. The van der Waals surface area contributed by atoms with Crippen LogP contribution in [0.3, 0.4) is 0 Å². The Hall–Kier alpha value is -0.830. The predicted octanol–water partition coefficient (Wildman–Crippen LogP) is 4.82. The van der Waals surface area contributed by atoms with E-state index >= 15 is 0 Å². The van der Waals surface area contributed by atoms with Crippen molar-refractivity contribution in [3.8, 4) is 0 Å². The lowest BCUT2D eigenvalue weighted by Gasteiger charge is -2.18. The molecule has 0 aliphatic heterocycles. The molecule has 1 unspecified atom stereocenters. The minimum atomic E-state index is 0.350. The fourth-order valence-corrected chi connectivity index (χ4v) is 2.43. The van der Waals surface area contributed by atoms with Crippen LogP contribution in [0, 0.1) is 0 Å². The van der Waals surface area contributed by atoms with Crippen molar-refractivity contribution >= 4 is 0 Å². The number of hydrogen-bond donors (Lipinski definition) is 0. The van der Waals surface area contributed by atoms with E-state index in [0.717, 1.165) is 13.2 Å². The Morgan fingerprint density at radius 2 is 1.75 bits per heavy atom. The summed E-state index contributed by atoms with van der Waals surface area (Å²) in [6.45, 7) is 6.36. The number of hydrogen-bond acceptors (Lipinski definition) is 2. The Labute approximate surface area is 124 Å². The lowest BCUT2D eigenvalue weighted by molar-refractivity contribution is 0.0317. The Bertz CT molecular complexity index is 298. The van der Waals surface area contributed by atoms with Crippen LogP contribution in [-0.4, -0.2) is 22.3 Å². The second kappa shape index (κ2) is 12.0. The first-order valence-electron chi connectivity index (χ1n) is 8.44. The first kappa shape index (κ1) is 17.2. The van der Waals surface area contributed by atoms with Crippen molar-refractivity contribution in [1.82, 2.24) is 9.55 Å². The molecular formula is C17H32N2O. The zero-order valence-corrected chi connectivity index (χ0v) is 13.4. The van der Waals surface area contributed by atoms with Crippen LogP contribution in [0.25, 0.3) is 0 Å². The van der Waals surface area contributed by atoms with E-state index in [-0.39, 0.29) is 0 Å². The van der Waals surface area contributed by atoms with Gasteiger partial charge in [-0.2, -0.15) is 0 Å². The molecule has 0 bridgehead atoms. The smallest absolute Gasteiger partial charge is 0.0946 e. The number of unbranched alkanes of at least 4 members (excludes halogenated alkanes) is 6. The van der Waals surface area contributed by atoms with Gasteiger partial charge in [-0.3, -0.25) is 0 Å². The SMILES string of the molecule is CCCCCCOC(CCCCCC)Cn1ccnc1. The van der Waals surface area contributed by atoms with Gasteiger partial charge < -0.3 is 9.30 Å². The van der Waals surface area contributed by atoms with Crippen molar-refractivity contribution in [2.45, 2.75) is 84.3 Å². The van der Waals surface area contributed by atoms with Crippen LogP contribution < -0.4 is 0 Å². The number of nitrogens with zero attached hydrogens (tertiary/aromatic N) is 2. The molecule has 0 aliphatic rings. The molecule has 1 rings (SSSR count). The summed E-state index contributed by atoms with van der Waals surface area (Å²) in [7, 11) is 0. The molecule has 0 aromatic carbocycles. The molecule has 20 heavy (non-hydrogen) atoms. The molecule has 0 saturated heterocycles. The standard InChI is InChI=1S/C17H32N2O/c1-3-5-7-9-11-17(15-19-13-12-18-16-19)20-14-10-8-6-4-2/h12-13,16-17H,3-11,14-15H2,1-2H3. The first-order chi connectivity index (χ1) is 9.86. The topological polar surface area (TPSA) is 27.1 Å². The highest BCUT2D eigenvalue weighted by Gasteiger charge is 2.09. The molecule has 1 heterocycles. The monoisotopic (exact) mass is 280 g/mol. The van der Waals surface area contributed by atoms with E-state index in [1.807, 2.05) is 18.7 Å². The minimum Gasteiger partial charge on any atom is -0.376 e. The molecule has 1 aromatic rings. The third-order valence-corrected chi connectivity index (χ3v) is 3.70. The Morgan fingerprint density at radius 3 is 2.40 bits per heavy atom. The van der Waals surface area contributed by atoms with Gasteiger partial charge in [-0.15, -0.1) is 0 Å². The molecule has 1 atom stereocenters. The third-order valence-electron chi connectivity index (χ3n) is 3.70. The molecule has 0 saturated carbocycles. The summed E-state index contributed by atoms with van der Waals surface area (Å²) in [5.74, 6) is 0. The van der Waals surface area contributed by atoms with Gasteiger partial charge in [0, 0.05) is 25.5 Å². The van der Waals surface area contributed by atoms with Crippen molar-refractivity contribution in [3.63, 3.8) is 0 Å². The van der Waals surface area contributed by atoms with Crippen molar-refractivity contribution in [3.05, 3.63) is 18.7 Å². The summed E-state index contributed by atoms with van der Waals surface area (Å²) in [6.07, 6.45) is 17.6. The van der Waals surface area contributed by atoms with E-state index in [4.69, 9.17) is 4.74 Å². The second-order valence-corrected chi connectivity index (χ2v) is 5.66. The molecule has 0 fully saturated rings. The fraction of sp³-hybridized carbons (Fsp3) is 0.824. The summed E-state index contributed by atoms with van der Waals surface area (Å²) in [5.41, 5.74) is 0. The van der Waals surface area contributed by atoms with Crippen LogP contribution in [0.15, 0.2) is 18.7 Å². The minimum absolute atomic E-state index is 0.350. The van der Waals surface area contributed by atoms with Gasteiger partial charge >= 0.3 is 0 Å². The number of aromatic nitrogens is 2. The quantitative estimate of drug-likeness (QED) is 0.484. The molecule has 0 N–H and O–H groups in total. The summed E-state index contributed by atoms with van der Waals surface area (Å²) in [4.78, 5) is 4.11. The summed E-state index contributed by atoms with van der Waals surface area (Å²) >= 11 is 0. The first-order valence-corrected chi connectivity index (χ1v) is 8.44. The average Bonchev–Trinajstić information content (AvgIpc) is 2.96. The van der Waals surface area contributed by atoms with Gasteiger partial charge in [-0.1, -0.05) is 58.8 Å². The number of imidazole rings is 1. The Morgan fingerprint density at radius 1 is 1.00 bits per heavy atom. The van der Waals surface area contributed by atoms with Crippen molar-refractivity contribution in [1.29, 1.82) is 0 Å². The summed E-state index contributed by atoms with van der Waals surface area (Å²) < 4.78 is 8.23. The average molecular weight is 280 g/mol. The Kier molecular flexibility index (Phi) is 10.3. The highest BCUT2D eigenvalue weighted by Crippen LogP contribution is 2.11. The molecule has 1 aromatic heterocycles. The highest BCUT2D eigenvalue weighted by atomic mass is 16.5. The number of rotatable bonds is 13. The fourth-order valence-electron chi connectivity index (χ4n) is 2.43. The van der Waals surface area contributed by atoms with E-state index in [2.05, 4.69) is 23.4 Å². The van der Waals surface area contributed by atoms with E-state index in [9.17, 15) is 0 Å². The largest absolute Gasteiger partial charge is 0.376 e. The van der Waals surface area contributed by atoms with E-state index in [1.54, 1.807) is 0 Å². The summed E-state index contributed by atoms with van der Waals surface area (Å²) in [6, 6.07) is 0. The second-order valence-electron chi connectivity index (χ2n) is 5.66. The molecule has 0 radical (unpaired) electrons. The molecule has 3 heteroatoms. The van der Waals surface area contributed by atoms with Crippen LogP contribution in [-0.2, 0) is 11.3 Å². The van der Waals surface area contributed by atoms with Crippen molar-refractivity contribution in [2.75, 3.05) is 6.61 Å².